The van der Waals surface area contributed by atoms with Crippen LogP contribution in [0, 0.1) is 0 Å². The number of halogens is 1. The molecule has 0 bridgehead atoms. The van der Waals surface area contributed by atoms with E-state index in [4.69, 9.17) is 16.7 Å². The average molecular weight is 433 g/mol. The molecule has 3 aromatic heterocycles. The van der Waals surface area contributed by atoms with Gasteiger partial charge < -0.3 is 10.0 Å². The first-order chi connectivity index (χ1) is 14.5. The van der Waals surface area contributed by atoms with Crippen LogP contribution in [0.3, 0.4) is 0 Å². The predicted molar refractivity (Wildman–Crippen MR) is 105 cm³/mol. The fraction of sp³-hybridized carbons (Fsp3) is 0.444. The number of aryl methyl sites for hydroxylation is 1. The molecule has 12 heteroatoms. The number of aromatic nitrogens is 7. The molecular formula is C18H21ClN8O3. The third kappa shape index (κ3) is 4.35. The molecule has 3 aromatic rings. The van der Waals surface area contributed by atoms with Crippen LogP contribution in [0.2, 0.25) is 5.02 Å². The van der Waals surface area contributed by atoms with Gasteiger partial charge in [-0.15, -0.1) is 5.10 Å². The lowest BCUT2D eigenvalue weighted by Gasteiger charge is -2.28. The average Bonchev–Trinajstić information content (AvgIpc) is 3.46. The van der Waals surface area contributed by atoms with Crippen LogP contribution in [0.15, 0.2) is 24.7 Å². The maximum atomic E-state index is 12.5. The van der Waals surface area contributed by atoms with Gasteiger partial charge in [0.25, 0.3) is 0 Å². The number of carbonyl (C=O) groups is 2. The van der Waals surface area contributed by atoms with Crippen LogP contribution in [0.1, 0.15) is 41.1 Å². The van der Waals surface area contributed by atoms with E-state index in [1.807, 2.05) is 9.58 Å². The Morgan fingerprint density at radius 3 is 2.90 bits per heavy atom. The molecule has 0 saturated carbocycles. The van der Waals surface area contributed by atoms with Gasteiger partial charge in [0.2, 0.25) is 5.91 Å². The maximum absolute atomic E-state index is 12.5. The summed E-state index contributed by atoms with van der Waals surface area (Å²) in [6.07, 6.45) is 6.80. The van der Waals surface area contributed by atoms with Gasteiger partial charge in [-0.05, 0) is 18.9 Å². The minimum absolute atomic E-state index is 0.102. The van der Waals surface area contributed by atoms with Crippen LogP contribution in [0.5, 0.6) is 0 Å². The Kier molecular flexibility index (Phi) is 5.79. The largest absolute Gasteiger partial charge is 0.477 e. The van der Waals surface area contributed by atoms with Gasteiger partial charge in [0.05, 0.1) is 42.7 Å². The summed E-state index contributed by atoms with van der Waals surface area (Å²) >= 11 is 6.12. The molecule has 11 nitrogen and oxygen atoms in total. The van der Waals surface area contributed by atoms with Crippen LogP contribution in [0.25, 0.3) is 0 Å². The minimum atomic E-state index is -1.04. The monoisotopic (exact) mass is 432 g/mol. The number of hydrogen-bond donors (Lipinski definition) is 1. The predicted octanol–water partition coefficient (Wildman–Crippen LogP) is 1.28. The molecule has 30 heavy (non-hydrogen) atoms. The number of aromatic carboxylic acids is 1. The van der Waals surface area contributed by atoms with Crippen LogP contribution in [-0.4, -0.2) is 63.0 Å². The number of fused-ring (bicyclic) bond motifs is 1. The summed E-state index contributed by atoms with van der Waals surface area (Å²) < 4.78 is 4.91. The summed E-state index contributed by atoms with van der Waals surface area (Å²) in [7, 11) is 0. The van der Waals surface area contributed by atoms with E-state index in [9.17, 15) is 9.59 Å². The molecule has 0 aromatic carbocycles. The Hall–Kier alpha value is -3.21. The maximum Gasteiger partial charge on any atom is 0.354 e. The molecule has 0 fully saturated rings. The lowest BCUT2D eigenvalue weighted by atomic mass is 10.2. The number of unbranched alkanes of at least 4 members (excludes halogenated alkanes) is 1. The van der Waals surface area contributed by atoms with E-state index >= 15 is 0 Å². The second-order valence-electron chi connectivity index (χ2n) is 7.09. The highest BCUT2D eigenvalue weighted by atomic mass is 35.5. The molecule has 0 atom stereocenters. The van der Waals surface area contributed by atoms with Crippen molar-refractivity contribution in [2.75, 3.05) is 6.54 Å². The SMILES string of the molecule is O=C(O)c1ccnn1Cc1cn(CCCCC(=O)N2CCn3ncc(Cl)c3C2)nn1. The number of carboxylic acids is 1. The zero-order valence-corrected chi connectivity index (χ0v) is 16.9. The molecule has 1 N–H and O–H groups in total. The molecule has 1 aliphatic rings. The first-order valence-electron chi connectivity index (χ1n) is 9.63. The fourth-order valence-corrected chi connectivity index (χ4v) is 3.65. The first-order valence-corrected chi connectivity index (χ1v) is 10.0. The van der Waals surface area contributed by atoms with Crippen LogP contribution in [-0.2, 0) is 31.0 Å². The van der Waals surface area contributed by atoms with Gasteiger partial charge in [-0.1, -0.05) is 16.8 Å². The summed E-state index contributed by atoms with van der Waals surface area (Å²) in [5.74, 6) is -0.928. The van der Waals surface area contributed by atoms with E-state index in [0.717, 1.165) is 18.5 Å². The fourth-order valence-electron chi connectivity index (χ4n) is 3.45. The van der Waals surface area contributed by atoms with Crippen molar-refractivity contribution in [2.24, 2.45) is 0 Å². The van der Waals surface area contributed by atoms with Crippen molar-refractivity contribution in [1.29, 1.82) is 0 Å². The normalized spacial score (nSPS) is 13.4. The Morgan fingerprint density at radius 2 is 2.07 bits per heavy atom. The van der Waals surface area contributed by atoms with E-state index in [1.165, 1.54) is 16.9 Å². The highest BCUT2D eigenvalue weighted by molar-refractivity contribution is 6.31. The lowest BCUT2D eigenvalue weighted by molar-refractivity contribution is -0.132. The number of carboxylic acid groups (broad SMARTS) is 1. The van der Waals surface area contributed by atoms with Crippen molar-refractivity contribution in [1.82, 2.24) is 39.5 Å². The zero-order chi connectivity index (χ0) is 21.1. The van der Waals surface area contributed by atoms with Crippen molar-refractivity contribution < 1.29 is 14.7 Å². The summed E-state index contributed by atoms with van der Waals surface area (Å²) in [4.78, 5) is 25.4. The molecule has 1 aliphatic heterocycles. The van der Waals surface area contributed by atoms with Gasteiger partial charge in [-0.25, -0.2) is 4.79 Å². The number of rotatable bonds is 8. The molecule has 4 heterocycles. The van der Waals surface area contributed by atoms with E-state index in [1.54, 1.807) is 17.1 Å². The van der Waals surface area contributed by atoms with Gasteiger partial charge >= 0.3 is 5.97 Å². The van der Waals surface area contributed by atoms with Crippen molar-refractivity contribution in [3.05, 3.63) is 46.8 Å². The van der Waals surface area contributed by atoms with Crippen LogP contribution in [0.4, 0.5) is 0 Å². The molecule has 1 amide bonds. The standard InChI is InChI=1S/C18H21ClN8O3/c19-14-9-21-26-8-7-24(12-16(14)26)17(28)3-1-2-6-25-10-13(22-23-25)11-27-15(18(29)30)4-5-20-27/h4-5,9-10H,1-3,6-8,11-12H2,(H,29,30). The van der Waals surface area contributed by atoms with E-state index in [-0.39, 0.29) is 18.1 Å². The van der Waals surface area contributed by atoms with Crippen molar-refractivity contribution >= 4 is 23.5 Å². The Labute approximate surface area is 176 Å². The highest BCUT2D eigenvalue weighted by Crippen LogP contribution is 2.21. The van der Waals surface area contributed by atoms with E-state index in [0.29, 0.717) is 43.3 Å². The summed E-state index contributed by atoms with van der Waals surface area (Å²) in [6, 6.07) is 1.44. The molecule has 0 spiro atoms. The van der Waals surface area contributed by atoms with Gasteiger partial charge in [0.1, 0.15) is 11.4 Å². The van der Waals surface area contributed by atoms with Crippen LogP contribution >= 0.6 is 11.6 Å². The van der Waals surface area contributed by atoms with E-state index in [2.05, 4.69) is 20.5 Å². The number of hydrogen-bond acceptors (Lipinski definition) is 6. The third-order valence-electron chi connectivity index (χ3n) is 5.03. The van der Waals surface area contributed by atoms with E-state index < -0.39 is 5.97 Å². The second-order valence-corrected chi connectivity index (χ2v) is 7.49. The summed E-state index contributed by atoms with van der Waals surface area (Å²) in [5, 5.41) is 26.1. The topological polar surface area (TPSA) is 124 Å². The smallest absolute Gasteiger partial charge is 0.354 e. The molecule has 158 valence electrons. The van der Waals surface area contributed by atoms with Crippen molar-refractivity contribution in [2.45, 2.75) is 45.4 Å². The van der Waals surface area contributed by atoms with Gasteiger partial charge in [-0.3, -0.25) is 18.8 Å². The molecule has 0 radical (unpaired) electrons. The molecular weight excluding hydrogens is 412 g/mol. The summed E-state index contributed by atoms with van der Waals surface area (Å²) in [5.41, 5.74) is 1.61. The number of carbonyl (C=O) groups excluding carboxylic acids is 1. The number of amides is 1. The van der Waals surface area contributed by atoms with Crippen molar-refractivity contribution in [3.63, 3.8) is 0 Å². The van der Waals surface area contributed by atoms with Crippen molar-refractivity contribution in [3.8, 4) is 0 Å². The molecule has 0 aliphatic carbocycles. The Balaban J connectivity index is 1.22. The molecule has 4 rings (SSSR count). The van der Waals surface area contributed by atoms with Gasteiger partial charge in [0, 0.05) is 25.7 Å². The highest BCUT2D eigenvalue weighted by Gasteiger charge is 2.23. The quantitative estimate of drug-likeness (QED) is 0.531. The minimum Gasteiger partial charge on any atom is -0.477 e. The first kappa shape index (κ1) is 20.1. The lowest BCUT2D eigenvalue weighted by Crippen LogP contribution is -2.38. The van der Waals surface area contributed by atoms with Gasteiger partial charge in [-0.2, -0.15) is 10.2 Å². The molecule has 0 saturated heterocycles. The second kappa shape index (κ2) is 8.66. The van der Waals surface area contributed by atoms with Gasteiger partial charge in [0.15, 0.2) is 0 Å². The zero-order valence-electron chi connectivity index (χ0n) is 16.2. The third-order valence-corrected chi connectivity index (χ3v) is 5.35. The van der Waals surface area contributed by atoms with Crippen LogP contribution < -0.4 is 0 Å². The Bertz CT molecular complexity index is 1060. The summed E-state index contributed by atoms with van der Waals surface area (Å²) in [6.45, 7) is 2.66. The number of nitrogens with zero attached hydrogens (tertiary/aromatic N) is 8. The Morgan fingerprint density at radius 1 is 1.20 bits per heavy atom. The molecule has 0 unspecified atom stereocenters.